The second kappa shape index (κ2) is 8.91. The molecule has 2 aliphatic heterocycles. The average Bonchev–Trinajstić information content (AvgIpc) is 2.82. The highest BCUT2D eigenvalue weighted by Crippen LogP contribution is 2.34. The molecule has 0 radical (unpaired) electrons. The fourth-order valence-electron chi connectivity index (χ4n) is 5.14. The highest BCUT2D eigenvalue weighted by atomic mass is 35.5. The van der Waals surface area contributed by atoms with Crippen LogP contribution in [0.3, 0.4) is 0 Å². The van der Waals surface area contributed by atoms with Gasteiger partial charge in [0.2, 0.25) is 5.28 Å². The van der Waals surface area contributed by atoms with E-state index in [0.717, 1.165) is 49.4 Å². The smallest absolute Gasteiger partial charge is 0.407 e. The molecule has 33 heavy (non-hydrogen) atoms. The minimum absolute atomic E-state index is 0.143. The standard InChI is InChI=1S/C24H25ClN6O2/c25-23-27-21-13-18(29-10-8-16-3-1-2-4-17(16)14-29)5-6-20(21)22(28-23)30-11-12-31(24(32)33)19(15-30)7-9-26/h1-4,13,19H,5-8,10-12,14-15H2,(H,32,33). The number of rotatable bonds is 3. The molecule has 170 valence electrons. The fraction of sp³-hybridized carbons (Fsp3) is 0.417. The predicted molar refractivity (Wildman–Crippen MR) is 125 cm³/mol. The third-order valence-corrected chi connectivity index (χ3v) is 6.99. The summed E-state index contributed by atoms with van der Waals surface area (Å²) in [5.41, 5.74) is 5.93. The summed E-state index contributed by atoms with van der Waals surface area (Å²) in [7, 11) is 0. The highest BCUT2D eigenvalue weighted by Gasteiger charge is 2.33. The van der Waals surface area contributed by atoms with Crippen LogP contribution in [0.25, 0.3) is 6.08 Å². The summed E-state index contributed by atoms with van der Waals surface area (Å²) < 4.78 is 0. The predicted octanol–water partition coefficient (Wildman–Crippen LogP) is 3.56. The van der Waals surface area contributed by atoms with E-state index in [9.17, 15) is 15.2 Å². The molecule has 0 spiro atoms. The molecule has 1 N–H and O–H groups in total. The van der Waals surface area contributed by atoms with Gasteiger partial charge >= 0.3 is 6.09 Å². The lowest BCUT2D eigenvalue weighted by Crippen LogP contribution is -2.55. The molecule has 5 rings (SSSR count). The number of hydrogen-bond donors (Lipinski definition) is 1. The number of carbonyl (C=O) groups is 1. The Bertz CT molecular complexity index is 1160. The molecule has 1 aliphatic carbocycles. The number of halogens is 1. The van der Waals surface area contributed by atoms with Crippen LogP contribution in [-0.2, 0) is 19.4 Å². The lowest BCUT2D eigenvalue weighted by atomic mass is 9.95. The van der Waals surface area contributed by atoms with Crippen molar-refractivity contribution in [3.63, 3.8) is 0 Å². The first kappa shape index (κ1) is 21.5. The van der Waals surface area contributed by atoms with E-state index >= 15 is 0 Å². The number of hydrogen-bond acceptors (Lipinski definition) is 6. The summed E-state index contributed by atoms with van der Waals surface area (Å²) in [6, 6.07) is 10.3. The molecule has 2 aromatic rings. The van der Waals surface area contributed by atoms with Gasteiger partial charge in [0, 0.05) is 44.0 Å². The average molecular weight is 465 g/mol. The van der Waals surface area contributed by atoms with Crippen molar-refractivity contribution in [2.24, 2.45) is 0 Å². The van der Waals surface area contributed by atoms with Gasteiger partial charge in [-0.2, -0.15) is 5.26 Å². The van der Waals surface area contributed by atoms with Crippen LogP contribution in [0.2, 0.25) is 5.28 Å². The maximum atomic E-state index is 11.6. The van der Waals surface area contributed by atoms with Crippen molar-refractivity contribution in [1.82, 2.24) is 19.8 Å². The first-order valence-electron chi connectivity index (χ1n) is 11.2. The zero-order valence-electron chi connectivity index (χ0n) is 18.2. The lowest BCUT2D eigenvalue weighted by molar-refractivity contribution is 0.119. The molecule has 1 unspecified atom stereocenters. The molecule has 1 aromatic carbocycles. The number of anilines is 1. The summed E-state index contributed by atoms with van der Waals surface area (Å²) in [6.45, 7) is 3.13. The minimum atomic E-state index is -0.992. The van der Waals surface area contributed by atoms with Crippen molar-refractivity contribution in [1.29, 1.82) is 5.26 Å². The monoisotopic (exact) mass is 464 g/mol. The minimum Gasteiger partial charge on any atom is -0.465 e. The van der Waals surface area contributed by atoms with Gasteiger partial charge in [-0.3, -0.25) is 0 Å². The zero-order chi connectivity index (χ0) is 22.9. The van der Waals surface area contributed by atoms with Crippen molar-refractivity contribution in [3.05, 3.63) is 57.6 Å². The van der Waals surface area contributed by atoms with Crippen LogP contribution in [0.4, 0.5) is 10.6 Å². The van der Waals surface area contributed by atoms with Gasteiger partial charge in [0.15, 0.2) is 0 Å². The molecular weight excluding hydrogens is 440 g/mol. The third kappa shape index (κ3) is 4.21. The maximum absolute atomic E-state index is 11.6. The van der Waals surface area contributed by atoms with E-state index in [2.05, 4.69) is 56.2 Å². The topological polar surface area (TPSA) is 96.6 Å². The molecule has 1 atom stereocenters. The van der Waals surface area contributed by atoms with Gasteiger partial charge in [0.1, 0.15) is 5.82 Å². The molecule has 1 fully saturated rings. The van der Waals surface area contributed by atoms with Crippen LogP contribution in [0, 0.1) is 11.3 Å². The lowest BCUT2D eigenvalue weighted by Gasteiger charge is -2.40. The number of allylic oxidation sites excluding steroid dienone is 1. The van der Waals surface area contributed by atoms with E-state index in [1.807, 2.05) is 0 Å². The molecule has 9 heteroatoms. The number of benzene rings is 1. The first-order valence-corrected chi connectivity index (χ1v) is 11.6. The molecule has 0 bridgehead atoms. The van der Waals surface area contributed by atoms with Gasteiger partial charge in [-0.1, -0.05) is 24.3 Å². The molecule has 3 aliphatic rings. The van der Waals surface area contributed by atoms with Crippen molar-refractivity contribution in [3.8, 4) is 6.07 Å². The number of aromatic nitrogens is 2. The maximum Gasteiger partial charge on any atom is 0.407 e. The SMILES string of the molecule is N#CCC1CN(c2nc(Cl)nc3c2CCC(N2CCc4ccccc4C2)=C3)CCN1C(=O)O. The van der Waals surface area contributed by atoms with Crippen LogP contribution in [-0.4, -0.2) is 63.2 Å². The van der Waals surface area contributed by atoms with Crippen molar-refractivity contribution >= 4 is 29.6 Å². The number of nitrogens with zero attached hydrogens (tertiary/aromatic N) is 6. The molecule has 3 heterocycles. The number of carboxylic acid groups (broad SMARTS) is 1. The van der Waals surface area contributed by atoms with Crippen LogP contribution >= 0.6 is 11.6 Å². The Hall–Kier alpha value is -3.31. The van der Waals surface area contributed by atoms with Gasteiger partial charge in [-0.05, 0) is 48.1 Å². The summed E-state index contributed by atoms with van der Waals surface area (Å²) >= 11 is 6.33. The molecule has 1 aromatic heterocycles. The van der Waals surface area contributed by atoms with E-state index in [4.69, 9.17) is 11.6 Å². The van der Waals surface area contributed by atoms with Gasteiger partial charge in [-0.15, -0.1) is 0 Å². The highest BCUT2D eigenvalue weighted by molar-refractivity contribution is 6.28. The number of amides is 1. The second-order valence-electron chi connectivity index (χ2n) is 8.69. The fourth-order valence-corrected chi connectivity index (χ4v) is 5.31. The zero-order valence-corrected chi connectivity index (χ0v) is 19.0. The number of piperazine rings is 1. The Morgan fingerprint density at radius 2 is 1.94 bits per heavy atom. The number of nitriles is 1. The van der Waals surface area contributed by atoms with Crippen LogP contribution < -0.4 is 4.90 Å². The Labute approximate surface area is 197 Å². The van der Waals surface area contributed by atoms with Gasteiger partial charge < -0.3 is 19.8 Å². The number of fused-ring (bicyclic) bond motifs is 2. The Morgan fingerprint density at radius 1 is 1.12 bits per heavy atom. The molecule has 1 amide bonds. The Kier molecular flexibility index (Phi) is 5.81. The van der Waals surface area contributed by atoms with Crippen LogP contribution in [0.5, 0.6) is 0 Å². The van der Waals surface area contributed by atoms with E-state index in [-0.39, 0.29) is 11.7 Å². The summed E-state index contributed by atoms with van der Waals surface area (Å²) in [5, 5.41) is 18.8. The van der Waals surface area contributed by atoms with Gasteiger partial charge in [-0.25, -0.2) is 14.8 Å². The normalized spacial score (nSPS) is 19.9. The molecule has 1 saturated heterocycles. The second-order valence-corrected chi connectivity index (χ2v) is 9.03. The Morgan fingerprint density at radius 3 is 2.73 bits per heavy atom. The van der Waals surface area contributed by atoms with E-state index in [0.29, 0.717) is 19.6 Å². The van der Waals surface area contributed by atoms with Crippen molar-refractivity contribution in [2.75, 3.05) is 31.1 Å². The van der Waals surface area contributed by atoms with Crippen molar-refractivity contribution < 1.29 is 9.90 Å². The Balaban J connectivity index is 1.41. The summed E-state index contributed by atoms with van der Waals surface area (Å²) in [6.07, 6.45) is 4.00. The summed E-state index contributed by atoms with van der Waals surface area (Å²) in [5.74, 6) is 0.761. The molecule has 0 saturated carbocycles. The quantitative estimate of drug-likeness (QED) is 0.693. The van der Waals surface area contributed by atoms with E-state index in [1.54, 1.807) is 0 Å². The first-order chi connectivity index (χ1) is 16.0. The van der Waals surface area contributed by atoms with Crippen LogP contribution in [0.1, 0.15) is 35.2 Å². The van der Waals surface area contributed by atoms with Crippen LogP contribution in [0.15, 0.2) is 30.0 Å². The van der Waals surface area contributed by atoms with E-state index in [1.165, 1.54) is 21.7 Å². The van der Waals surface area contributed by atoms with Crippen molar-refractivity contribution in [2.45, 2.75) is 38.3 Å². The van der Waals surface area contributed by atoms with Gasteiger partial charge in [0.05, 0.1) is 24.2 Å². The third-order valence-electron chi connectivity index (χ3n) is 6.82. The summed E-state index contributed by atoms with van der Waals surface area (Å²) in [4.78, 5) is 26.5. The largest absolute Gasteiger partial charge is 0.465 e. The molecular formula is C24H25ClN6O2. The molecule has 8 nitrogen and oxygen atoms in total. The van der Waals surface area contributed by atoms with E-state index < -0.39 is 12.1 Å². The van der Waals surface area contributed by atoms with Gasteiger partial charge in [0.25, 0.3) is 0 Å².